The van der Waals surface area contributed by atoms with Gasteiger partial charge in [-0.05, 0) is 43.2 Å². The molecule has 0 fully saturated rings. The van der Waals surface area contributed by atoms with E-state index in [-0.39, 0.29) is 6.61 Å². The van der Waals surface area contributed by atoms with Gasteiger partial charge in [-0.15, -0.1) is 5.10 Å². The number of aromatic nitrogens is 3. The minimum absolute atomic E-state index is 0.0430. The van der Waals surface area contributed by atoms with Crippen LogP contribution < -0.4 is 9.47 Å². The Morgan fingerprint density at radius 2 is 1.94 bits per heavy atom. The zero-order chi connectivity index (χ0) is 25.2. The number of aryl methyl sites for hydroxylation is 1. The second-order valence-corrected chi connectivity index (χ2v) is 7.86. The van der Waals surface area contributed by atoms with Gasteiger partial charge >= 0.3 is 11.9 Å². The Labute approximate surface area is 203 Å². The lowest BCUT2D eigenvalue weighted by Gasteiger charge is -2.31. The van der Waals surface area contributed by atoms with Crippen molar-refractivity contribution in [2.75, 3.05) is 27.4 Å². The summed E-state index contributed by atoms with van der Waals surface area (Å²) in [6.07, 6.45) is 4.66. The van der Waals surface area contributed by atoms with E-state index in [0.717, 1.165) is 22.8 Å². The van der Waals surface area contributed by atoms with Crippen molar-refractivity contribution in [3.8, 4) is 11.5 Å². The molecule has 2 aromatic rings. The second kappa shape index (κ2) is 12.9. The van der Waals surface area contributed by atoms with Crippen molar-refractivity contribution in [1.82, 2.24) is 15.0 Å². The molecule has 1 unspecified atom stereocenters. The van der Waals surface area contributed by atoms with Crippen LogP contribution in [0.1, 0.15) is 31.5 Å². The van der Waals surface area contributed by atoms with Gasteiger partial charge in [0, 0.05) is 25.6 Å². The van der Waals surface area contributed by atoms with Crippen LogP contribution in [0, 0.1) is 0 Å². The van der Waals surface area contributed by atoms with Gasteiger partial charge in [-0.25, -0.2) is 4.68 Å². The molecular formula is C24H31N3O8. The molecule has 190 valence electrons. The summed E-state index contributed by atoms with van der Waals surface area (Å²) >= 11 is 0. The number of esters is 2. The van der Waals surface area contributed by atoms with E-state index in [1.54, 1.807) is 31.1 Å². The summed E-state index contributed by atoms with van der Waals surface area (Å²) in [4.78, 5) is 22.5. The fraction of sp³-hybridized carbons (Fsp3) is 0.500. The lowest BCUT2D eigenvalue weighted by Crippen LogP contribution is -2.42. The maximum Gasteiger partial charge on any atom is 0.303 e. The summed E-state index contributed by atoms with van der Waals surface area (Å²) in [7, 11) is 3.24. The lowest BCUT2D eigenvalue weighted by atomic mass is 10.1. The Kier molecular flexibility index (Phi) is 9.62. The third-order valence-electron chi connectivity index (χ3n) is 5.15. The van der Waals surface area contributed by atoms with Crippen molar-refractivity contribution in [1.29, 1.82) is 0 Å². The lowest BCUT2D eigenvalue weighted by molar-refractivity contribution is -0.197. The van der Waals surface area contributed by atoms with Gasteiger partial charge in [0.1, 0.15) is 30.3 Å². The van der Waals surface area contributed by atoms with Gasteiger partial charge in [0.25, 0.3) is 0 Å². The van der Waals surface area contributed by atoms with Crippen LogP contribution >= 0.6 is 0 Å². The molecule has 1 aromatic heterocycles. The Bertz CT molecular complexity index is 1020. The zero-order valence-electron chi connectivity index (χ0n) is 20.3. The molecule has 1 aromatic carbocycles. The molecule has 0 saturated heterocycles. The van der Waals surface area contributed by atoms with Crippen molar-refractivity contribution in [2.45, 2.75) is 51.7 Å². The highest BCUT2D eigenvalue weighted by Crippen LogP contribution is 2.24. The number of carbonyl (C=O) groups is 2. The van der Waals surface area contributed by atoms with Crippen LogP contribution in [-0.2, 0) is 41.5 Å². The van der Waals surface area contributed by atoms with Gasteiger partial charge in [0.15, 0.2) is 6.29 Å². The second-order valence-electron chi connectivity index (χ2n) is 7.86. The minimum Gasteiger partial charge on any atom is -0.497 e. The van der Waals surface area contributed by atoms with Gasteiger partial charge in [0.05, 0.1) is 33.1 Å². The van der Waals surface area contributed by atoms with Crippen LogP contribution in [0.15, 0.2) is 36.5 Å². The summed E-state index contributed by atoms with van der Waals surface area (Å²) in [5, 5.41) is 8.43. The SMILES string of the molecule is COc1ccc(OC)c(Cn2cc(CCCOC3C=C[C@H](OC(C)=O)[C@@H](COC(C)=O)O3)nn2)c1. The molecule has 11 heteroatoms. The van der Waals surface area contributed by atoms with E-state index >= 15 is 0 Å². The molecule has 3 atom stereocenters. The number of benzene rings is 1. The Morgan fingerprint density at radius 1 is 1.11 bits per heavy atom. The van der Waals surface area contributed by atoms with Crippen LogP contribution in [0.25, 0.3) is 0 Å². The molecule has 0 radical (unpaired) electrons. The summed E-state index contributed by atoms with van der Waals surface area (Å²) < 4.78 is 34.3. The average Bonchev–Trinajstić information content (AvgIpc) is 3.28. The number of nitrogens with zero attached hydrogens (tertiary/aromatic N) is 3. The van der Waals surface area contributed by atoms with Crippen molar-refractivity contribution in [3.63, 3.8) is 0 Å². The van der Waals surface area contributed by atoms with Crippen LogP contribution in [-0.4, -0.2) is 72.9 Å². The van der Waals surface area contributed by atoms with Crippen molar-refractivity contribution in [2.24, 2.45) is 0 Å². The van der Waals surface area contributed by atoms with Crippen LogP contribution in [0.2, 0.25) is 0 Å². The monoisotopic (exact) mass is 489 g/mol. The Balaban J connectivity index is 1.47. The largest absolute Gasteiger partial charge is 0.497 e. The Morgan fingerprint density at radius 3 is 2.66 bits per heavy atom. The van der Waals surface area contributed by atoms with Gasteiger partial charge < -0.3 is 28.4 Å². The molecule has 11 nitrogen and oxygen atoms in total. The average molecular weight is 490 g/mol. The maximum atomic E-state index is 11.3. The molecule has 0 N–H and O–H groups in total. The highest BCUT2D eigenvalue weighted by atomic mass is 16.7. The molecule has 3 rings (SSSR count). The van der Waals surface area contributed by atoms with E-state index in [0.29, 0.717) is 26.0 Å². The standard InChI is InChI=1S/C24H31N3O8/c1-16(28)33-15-23-22(34-17(2)29)9-10-24(35-23)32-11-5-6-19-14-27(26-25-19)13-18-12-20(30-3)7-8-21(18)31-4/h7-10,12,14,22-24H,5-6,11,13,15H2,1-4H3/t22-,23+,24?/m0/s1. The van der Waals surface area contributed by atoms with Gasteiger partial charge in [-0.2, -0.15) is 0 Å². The quantitative estimate of drug-likeness (QED) is 0.249. The highest BCUT2D eigenvalue weighted by molar-refractivity contribution is 5.66. The van der Waals surface area contributed by atoms with E-state index in [1.165, 1.54) is 13.8 Å². The van der Waals surface area contributed by atoms with E-state index < -0.39 is 30.4 Å². The molecule has 1 aliphatic heterocycles. The molecule has 0 amide bonds. The van der Waals surface area contributed by atoms with Gasteiger partial charge in [-0.1, -0.05) is 5.21 Å². The van der Waals surface area contributed by atoms with E-state index in [4.69, 9.17) is 28.4 Å². The smallest absolute Gasteiger partial charge is 0.303 e. The molecule has 0 aliphatic carbocycles. The van der Waals surface area contributed by atoms with Crippen LogP contribution in [0.3, 0.4) is 0 Å². The van der Waals surface area contributed by atoms with Gasteiger partial charge in [-0.3, -0.25) is 9.59 Å². The predicted molar refractivity (Wildman–Crippen MR) is 123 cm³/mol. The summed E-state index contributed by atoms with van der Waals surface area (Å²) in [6.45, 7) is 3.47. The minimum atomic E-state index is -0.648. The van der Waals surface area contributed by atoms with Crippen molar-refractivity contribution >= 4 is 11.9 Å². The molecular weight excluding hydrogens is 458 g/mol. The van der Waals surface area contributed by atoms with Crippen LogP contribution in [0.5, 0.6) is 11.5 Å². The first-order valence-corrected chi connectivity index (χ1v) is 11.2. The first-order chi connectivity index (χ1) is 16.9. The first kappa shape index (κ1) is 26.2. The third kappa shape index (κ3) is 8.08. The van der Waals surface area contributed by atoms with E-state index in [9.17, 15) is 9.59 Å². The highest BCUT2D eigenvalue weighted by Gasteiger charge is 2.31. The fourth-order valence-electron chi connectivity index (χ4n) is 3.52. The number of carbonyl (C=O) groups excluding carboxylic acids is 2. The number of methoxy groups -OCH3 is 2. The van der Waals surface area contributed by atoms with Crippen molar-refractivity contribution < 1.29 is 38.0 Å². The van der Waals surface area contributed by atoms with Crippen molar-refractivity contribution in [3.05, 3.63) is 47.8 Å². The summed E-state index contributed by atoms with van der Waals surface area (Å²) in [5.74, 6) is 0.597. The third-order valence-corrected chi connectivity index (χ3v) is 5.15. The fourth-order valence-corrected chi connectivity index (χ4v) is 3.52. The molecule has 0 saturated carbocycles. The molecule has 1 aliphatic rings. The Hall–Kier alpha value is -3.44. The number of ether oxygens (including phenoxy) is 6. The normalized spacial score (nSPS) is 19.3. The summed E-state index contributed by atoms with van der Waals surface area (Å²) in [5.41, 5.74) is 1.77. The van der Waals surface area contributed by atoms with Crippen LogP contribution in [0.4, 0.5) is 0 Å². The number of hydrogen-bond acceptors (Lipinski definition) is 10. The molecule has 0 bridgehead atoms. The molecule has 35 heavy (non-hydrogen) atoms. The number of rotatable bonds is 12. The van der Waals surface area contributed by atoms with E-state index in [1.807, 2.05) is 24.4 Å². The topological polar surface area (TPSA) is 120 Å². The maximum absolute atomic E-state index is 11.3. The molecule has 2 heterocycles. The van der Waals surface area contributed by atoms with Gasteiger partial charge in [0.2, 0.25) is 0 Å². The molecule has 0 spiro atoms. The summed E-state index contributed by atoms with van der Waals surface area (Å²) in [6, 6.07) is 5.61. The number of hydrogen-bond donors (Lipinski definition) is 0. The van der Waals surface area contributed by atoms with E-state index in [2.05, 4.69) is 10.3 Å². The first-order valence-electron chi connectivity index (χ1n) is 11.2. The predicted octanol–water partition coefficient (Wildman–Crippen LogP) is 2.07. The zero-order valence-corrected chi connectivity index (χ0v) is 20.3.